The second kappa shape index (κ2) is 4.44. The third-order valence-electron chi connectivity index (χ3n) is 3.60. The van der Waals surface area contributed by atoms with E-state index in [1.807, 2.05) is 18.2 Å². The predicted octanol–water partition coefficient (Wildman–Crippen LogP) is 3.74. The van der Waals surface area contributed by atoms with E-state index in [1.54, 1.807) is 18.5 Å². The van der Waals surface area contributed by atoms with E-state index in [2.05, 4.69) is 37.1 Å². The zero-order valence-electron chi connectivity index (χ0n) is 10.6. The van der Waals surface area contributed by atoms with Crippen LogP contribution in [0.3, 0.4) is 0 Å². The van der Waals surface area contributed by atoms with Crippen LogP contribution in [-0.2, 0) is 0 Å². The fraction of sp³-hybridized carbons (Fsp3) is 0.200. The van der Waals surface area contributed by atoms with E-state index in [1.165, 1.54) is 12.8 Å². The van der Waals surface area contributed by atoms with Crippen LogP contribution in [-0.4, -0.2) is 19.6 Å². The zero-order valence-corrected chi connectivity index (χ0v) is 12.8. The fourth-order valence-corrected chi connectivity index (χ4v) is 3.02. The highest BCUT2D eigenvalue weighted by Gasteiger charge is 2.29. The van der Waals surface area contributed by atoms with Crippen LogP contribution < -0.4 is 0 Å². The van der Waals surface area contributed by atoms with Crippen LogP contribution in [0.5, 0.6) is 5.75 Å². The van der Waals surface area contributed by atoms with Gasteiger partial charge in [-0.1, -0.05) is 0 Å². The number of aromatic nitrogens is 3. The van der Waals surface area contributed by atoms with E-state index < -0.39 is 0 Å². The summed E-state index contributed by atoms with van der Waals surface area (Å²) in [6.07, 6.45) is 5.92. The average Bonchev–Trinajstić information content (AvgIpc) is 3.21. The van der Waals surface area contributed by atoms with Crippen LogP contribution in [0, 0.1) is 3.57 Å². The summed E-state index contributed by atoms with van der Waals surface area (Å²) in [5, 5.41) is 10.2. The minimum absolute atomic E-state index is 0.274. The number of hydrogen-bond donors (Lipinski definition) is 1. The summed E-state index contributed by atoms with van der Waals surface area (Å²) >= 11 is 2.25. The number of phenolic OH excluding ortho intramolecular Hbond substituents is 1. The van der Waals surface area contributed by atoms with Gasteiger partial charge in [-0.3, -0.25) is 4.98 Å². The summed E-state index contributed by atoms with van der Waals surface area (Å²) in [4.78, 5) is 8.82. The highest BCUT2D eigenvalue weighted by Crippen LogP contribution is 2.42. The van der Waals surface area contributed by atoms with E-state index in [-0.39, 0.29) is 5.75 Å². The molecule has 1 fully saturated rings. The molecule has 1 saturated carbocycles. The Morgan fingerprint density at radius 3 is 2.90 bits per heavy atom. The number of rotatable bonds is 2. The van der Waals surface area contributed by atoms with Crippen molar-refractivity contribution in [2.75, 3.05) is 0 Å². The van der Waals surface area contributed by atoms with Crippen molar-refractivity contribution >= 4 is 33.6 Å². The van der Waals surface area contributed by atoms with Crippen molar-refractivity contribution in [2.45, 2.75) is 18.9 Å². The third-order valence-corrected chi connectivity index (χ3v) is 4.27. The van der Waals surface area contributed by atoms with Gasteiger partial charge in [0.1, 0.15) is 17.1 Å². The molecule has 20 heavy (non-hydrogen) atoms. The first-order valence-electron chi connectivity index (χ1n) is 6.55. The quantitative estimate of drug-likeness (QED) is 0.693. The number of nitrogens with zero attached hydrogens (tertiary/aromatic N) is 3. The van der Waals surface area contributed by atoms with Crippen LogP contribution in [0.4, 0.5) is 0 Å². The standard InChI is InChI=1S/C15H12IN3O/c16-9-1-4-14(20)11(7-9)15-18-12-8-17-6-5-13(12)19(15)10-2-3-10/h1,4-8,10,20H,2-3H2. The van der Waals surface area contributed by atoms with Crippen molar-refractivity contribution in [2.24, 2.45) is 0 Å². The van der Waals surface area contributed by atoms with Crippen LogP contribution in [0.25, 0.3) is 22.4 Å². The Morgan fingerprint density at radius 1 is 1.25 bits per heavy atom. The summed E-state index contributed by atoms with van der Waals surface area (Å²) in [6, 6.07) is 8.09. The molecule has 0 unspecified atom stereocenters. The maximum absolute atomic E-state index is 10.2. The summed E-state index contributed by atoms with van der Waals surface area (Å²) in [7, 11) is 0. The van der Waals surface area contributed by atoms with Gasteiger partial charge in [-0.25, -0.2) is 4.98 Å². The molecule has 4 rings (SSSR count). The van der Waals surface area contributed by atoms with Gasteiger partial charge in [0.15, 0.2) is 0 Å². The summed E-state index contributed by atoms with van der Waals surface area (Å²) in [6.45, 7) is 0. The molecule has 1 aromatic carbocycles. The highest BCUT2D eigenvalue weighted by molar-refractivity contribution is 14.1. The zero-order chi connectivity index (χ0) is 13.7. The van der Waals surface area contributed by atoms with Crippen LogP contribution in [0.15, 0.2) is 36.7 Å². The van der Waals surface area contributed by atoms with Crippen molar-refractivity contribution in [3.63, 3.8) is 0 Å². The molecule has 5 heteroatoms. The molecule has 0 aliphatic heterocycles. The molecule has 0 atom stereocenters. The van der Waals surface area contributed by atoms with Crippen LogP contribution in [0.2, 0.25) is 0 Å². The molecule has 0 radical (unpaired) electrons. The number of pyridine rings is 1. The largest absolute Gasteiger partial charge is 0.507 e. The van der Waals surface area contributed by atoms with Gasteiger partial charge in [-0.15, -0.1) is 0 Å². The lowest BCUT2D eigenvalue weighted by atomic mass is 10.2. The summed E-state index contributed by atoms with van der Waals surface area (Å²) < 4.78 is 3.32. The van der Waals surface area contributed by atoms with Crippen molar-refractivity contribution in [3.8, 4) is 17.1 Å². The SMILES string of the molecule is Oc1ccc(I)cc1-c1nc2cnccc2n1C1CC1. The molecular weight excluding hydrogens is 365 g/mol. The smallest absolute Gasteiger partial charge is 0.145 e. The molecule has 1 aliphatic carbocycles. The number of hydrogen-bond acceptors (Lipinski definition) is 3. The van der Waals surface area contributed by atoms with Gasteiger partial charge in [-0.05, 0) is 59.7 Å². The van der Waals surface area contributed by atoms with E-state index in [9.17, 15) is 5.11 Å². The van der Waals surface area contributed by atoms with Crippen molar-refractivity contribution in [3.05, 3.63) is 40.2 Å². The summed E-state index contributed by atoms with van der Waals surface area (Å²) in [5.74, 6) is 1.11. The Kier molecular flexibility index (Phi) is 2.70. The van der Waals surface area contributed by atoms with Crippen molar-refractivity contribution < 1.29 is 5.11 Å². The normalized spacial score (nSPS) is 14.8. The molecule has 3 aromatic rings. The third kappa shape index (κ3) is 1.88. The van der Waals surface area contributed by atoms with Crippen molar-refractivity contribution in [1.82, 2.24) is 14.5 Å². The molecule has 0 amide bonds. The Labute approximate surface area is 129 Å². The topological polar surface area (TPSA) is 50.9 Å². The van der Waals surface area contributed by atoms with Gasteiger partial charge in [0.05, 0.1) is 17.3 Å². The van der Waals surface area contributed by atoms with Crippen LogP contribution in [0.1, 0.15) is 18.9 Å². The van der Waals surface area contributed by atoms with Gasteiger partial charge in [0, 0.05) is 15.8 Å². The second-order valence-electron chi connectivity index (χ2n) is 5.06. The van der Waals surface area contributed by atoms with E-state index in [0.717, 1.165) is 26.0 Å². The molecule has 1 aliphatic rings. The first-order chi connectivity index (χ1) is 9.74. The lowest BCUT2D eigenvalue weighted by Crippen LogP contribution is -1.97. The number of halogens is 1. The molecular formula is C15H12IN3O. The van der Waals surface area contributed by atoms with Gasteiger partial charge >= 0.3 is 0 Å². The molecule has 0 bridgehead atoms. The first kappa shape index (κ1) is 12.1. The molecule has 4 nitrogen and oxygen atoms in total. The Hall–Kier alpha value is -1.63. The maximum atomic E-state index is 10.2. The molecule has 100 valence electrons. The lowest BCUT2D eigenvalue weighted by molar-refractivity contribution is 0.476. The Bertz CT molecular complexity index is 808. The number of aromatic hydroxyl groups is 1. The van der Waals surface area contributed by atoms with E-state index in [4.69, 9.17) is 0 Å². The summed E-state index contributed by atoms with van der Waals surface area (Å²) in [5.41, 5.74) is 2.77. The predicted molar refractivity (Wildman–Crippen MR) is 85.6 cm³/mol. The van der Waals surface area contributed by atoms with Gasteiger partial charge in [0.2, 0.25) is 0 Å². The van der Waals surface area contributed by atoms with E-state index in [0.29, 0.717) is 6.04 Å². The maximum Gasteiger partial charge on any atom is 0.145 e. The molecule has 2 heterocycles. The minimum atomic E-state index is 0.274. The molecule has 1 N–H and O–H groups in total. The van der Waals surface area contributed by atoms with Gasteiger partial charge < -0.3 is 9.67 Å². The highest BCUT2D eigenvalue weighted by atomic mass is 127. The first-order valence-corrected chi connectivity index (χ1v) is 7.63. The molecule has 2 aromatic heterocycles. The molecule has 0 spiro atoms. The number of benzene rings is 1. The minimum Gasteiger partial charge on any atom is -0.507 e. The van der Waals surface area contributed by atoms with Crippen LogP contribution >= 0.6 is 22.6 Å². The van der Waals surface area contributed by atoms with Gasteiger partial charge in [-0.2, -0.15) is 0 Å². The monoisotopic (exact) mass is 377 g/mol. The average molecular weight is 377 g/mol. The number of phenols is 1. The lowest BCUT2D eigenvalue weighted by Gasteiger charge is -2.09. The van der Waals surface area contributed by atoms with E-state index >= 15 is 0 Å². The molecule has 0 saturated heterocycles. The van der Waals surface area contributed by atoms with Crippen molar-refractivity contribution in [1.29, 1.82) is 0 Å². The number of imidazole rings is 1. The second-order valence-corrected chi connectivity index (χ2v) is 6.31. The number of fused-ring (bicyclic) bond motifs is 1. The van der Waals surface area contributed by atoms with Gasteiger partial charge in [0.25, 0.3) is 0 Å². The fourth-order valence-electron chi connectivity index (χ4n) is 2.53. The Balaban J connectivity index is 2.03. The Morgan fingerprint density at radius 2 is 2.10 bits per heavy atom.